The molecule has 0 amide bonds. The minimum atomic E-state index is 0.911. The van der Waals surface area contributed by atoms with Crippen LogP contribution in [0.5, 0.6) is 0 Å². The third kappa shape index (κ3) is 12.9. The Kier molecular flexibility index (Phi) is 18.7. The SMILES string of the molecule is c1cc(-c2cccc3ccccc23)cc(-c2c3ccccc3c(-c3cccc4oc5c6ccccc6ccc5c34)c3ccccc23)c1.c1ccc(-c2c3ccccc3c(-c3cc4ccccc4c4oc5ccccc5c34)c3ccccc23)c(-c2cccc3ccccc23)c1.c1ccc(-c2ccc(-c3c4ccccc4c(-c4cc5ccccc5c5oc6ccccc6c45)c4ccccc34)cc2)cc1. The van der Waals surface area contributed by atoms with E-state index in [2.05, 4.69) is 497 Å². The number of fused-ring (bicyclic) bond motifs is 23. The van der Waals surface area contributed by atoms with E-state index in [1.165, 1.54) is 213 Å². The maximum Gasteiger partial charge on any atom is 0.143 e. The fourth-order valence-electron chi connectivity index (χ4n) is 22.6. The summed E-state index contributed by atoms with van der Waals surface area (Å²) >= 11 is 0. The first kappa shape index (κ1) is 78.8. The molecule has 0 atom stereocenters. The fraction of sp³-hybridized carbons (Fsp3) is 0. The second kappa shape index (κ2) is 32.5. The third-order valence-electron chi connectivity index (χ3n) is 28.5. The Hall–Kier alpha value is -18.0. The normalized spacial score (nSPS) is 11.8. The standard InChI is InChI=1S/2C46H28O.C42H26O/c1-3-17-33-29(12-1)14-10-23-34(33)31-15-9-16-32(28-31)43-36-19-5-7-21-38(36)44(39-22-8-6-20-37(39)43)40-24-11-25-42-45(40)41-27-26-30-13-2-4-18-35(30)46(41)47-42;1-3-17-31-29(14-1)16-13-26-33(31)34-19-5-6-20-35(34)43-36-21-7-9-23-38(36)44(39-24-10-8-22-37(39)43)41-28-30-15-2-4-18-32(30)46-45(41)40-25-11-12-27-42(40)47-46;1-2-12-27(13-3-1)28-22-24-29(25-23-28)39-32-16-6-8-18-34(32)40(35-19-9-7-17-33(35)39)37-26-30-14-4-5-15-31(30)42-41(37)36-20-10-11-21-38(36)43-42/h2*1-28H;1-26H. The lowest BCUT2D eigenvalue weighted by atomic mass is 9.82. The van der Waals surface area contributed by atoms with Crippen LogP contribution in [-0.2, 0) is 0 Å². The lowest BCUT2D eigenvalue weighted by Gasteiger charge is -2.20. The van der Waals surface area contributed by atoms with Gasteiger partial charge in [-0.2, -0.15) is 0 Å². The van der Waals surface area contributed by atoms with Crippen LogP contribution in [0.3, 0.4) is 0 Å². The van der Waals surface area contributed by atoms with E-state index >= 15 is 0 Å². The van der Waals surface area contributed by atoms with E-state index in [4.69, 9.17) is 13.3 Å². The lowest BCUT2D eigenvalue weighted by molar-refractivity contribution is 0.672. The molecule has 26 aromatic carbocycles. The van der Waals surface area contributed by atoms with Crippen LogP contribution in [0, 0.1) is 0 Å². The molecule has 3 heterocycles. The Morgan fingerprint density at radius 3 is 0.883 bits per heavy atom. The molecule has 3 heteroatoms. The van der Waals surface area contributed by atoms with E-state index < -0.39 is 0 Å². The molecular formula is C134H82O3. The molecule has 29 aromatic rings. The summed E-state index contributed by atoms with van der Waals surface area (Å²) in [5.74, 6) is 0. The molecule has 636 valence electrons. The van der Waals surface area contributed by atoms with Crippen LogP contribution in [0.4, 0.5) is 0 Å². The van der Waals surface area contributed by atoms with Crippen LogP contribution in [0.2, 0.25) is 0 Å². The van der Waals surface area contributed by atoms with E-state index in [1.54, 1.807) is 0 Å². The van der Waals surface area contributed by atoms with Crippen LogP contribution in [0.25, 0.3) is 284 Å². The number of furan rings is 3. The molecular weight excluding hydrogens is 1660 g/mol. The average Bonchev–Trinajstić information content (AvgIpc) is 1.63. The van der Waals surface area contributed by atoms with Crippen LogP contribution >= 0.6 is 0 Å². The van der Waals surface area contributed by atoms with Crippen molar-refractivity contribution >= 4 is 184 Å². The van der Waals surface area contributed by atoms with E-state index in [-0.39, 0.29) is 0 Å². The average molecular weight is 1740 g/mol. The second-order valence-corrected chi connectivity index (χ2v) is 36.0. The van der Waals surface area contributed by atoms with Crippen LogP contribution in [0.15, 0.2) is 511 Å². The predicted molar refractivity (Wildman–Crippen MR) is 583 cm³/mol. The molecule has 0 saturated carbocycles. The minimum Gasteiger partial charge on any atom is -0.455 e. The summed E-state index contributed by atoms with van der Waals surface area (Å²) in [6.07, 6.45) is 0. The molecule has 0 fully saturated rings. The van der Waals surface area contributed by atoms with Gasteiger partial charge in [0.2, 0.25) is 0 Å². The van der Waals surface area contributed by atoms with Crippen LogP contribution in [0.1, 0.15) is 0 Å². The minimum absolute atomic E-state index is 0.911. The number of rotatable bonds is 9. The topological polar surface area (TPSA) is 39.4 Å². The van der Waals surface area contributed by atoms with Crippen molar-refractivity contribution in [2.45, 2.75) is 0 Å². The van der Waals surface area contributed by atoms with Crippen molar-refractivity contribution in [2.24, 2.45) is 0 Å². The molecule has 0 saturated heterocycles. The molecule has 0 radical (unpaired) electrons. The first-order valence-electron chi connectivity index (χ1n) is 47.2. The van der Waals surface area contributed by atoms with Gasteiger partial charge in [0, 0.05) is 48.5 Å². The van der Waals surface area contributed by atoms with E-state index in [0.717, 1.165) is 71.2 Å². The highest BCUT2D eigenvalue weighted by Crippen LogP contribution is 2.55. The van der Waals surface area contributed by atoms with Gasteiger partial charge in [0.15, 0.2) is 0 Å². The Morgan fingerprint density at radius 1 is 0.109 bits per heavy atom. The molecule has 29 rings (SSSR count). The van der Waals surface area contributed by atoms with Crippen LogP contribution < -0.4 is 0 Å². The van der Waals surface area contributed by atoms with E-state index in [9.17, 15) is 0 Å². The molecule has 0 aliphatic carbocycles. The molecule has 0 spiro atoms. The Balaban J connectivity index is 0.000000104. The van der Waals surface area contributed by atoms with Crippen molar-refractivity contribution in [3.8, 4) is 100 Å². The number of hydrogen-bond donors (Lipinski definition) is 0. The summed E-state index contributed by atoms with van der Waals surface area (Å²) in [7, 11) is 0. The van der Waals surface area contributed by atoms with Gasteiger partial charge in [0.05, 0.1) is 0 Å². The van der Waals surface area contributed by atoms with Gasteiger partial charge in [-0.05, 0) is 245 Å². The summed E-state index contributed by atoms with van der Waals surface area (Å²) in [5.41, 5.74) is 27.8. The summed E-state index contributed by atoms with van der Waals surface area (Å²) in [5, 5.41) is 33.8. The summed E-state index contributed by atoms with van der Waals surface area (Å²) in [4.78, 5) is 0. The zero-order chi connectivity index (χ0) is 90.1. The first-order chi connectivity index (χ1) is 68.0. The molecule has 3 nitrogen and oxygen atoms in total. The third-order valence-corrected chi connectivity index (χ3v) is 28.5. The number of para-hydroxylation sites is 2. The maximum absolute atomic E-state index is 6.64. The molecule has 0 aliphatic rings. The largest absolute Gasteiger partial charge is 0.455 e. The maximum atomic E-state index is 6.64. The van der Waals surface area contributed by atoms with E-state index in [1.807, 2.05) is 0 Å². The van der Waals surface area contributed by atoms with Crippen molar-refractivity contribution in [1.29, 1.82) is 0 Å². The van der Waals surface area contributed by atoms with E-state index in [0.29, 0.717) is 0 Å². The zero-order valence-corrected chi connectivity index (χ0v) is 74.6. The zero-order valence-electron chi connectivity index (χ0n) is 74.6. The molecule has 0 aliphatic heterocycles. The quantitative estimate of drug-likeness (QED) is 0.135. The van der Waals surface area contributed by atoms with Gasteiger partial charge in [-0.3, -0.25) is 0 Å². The Bertz CT molecular complexity index is 9820. The summed E-state index contributed by atoms with van der Waals surface area (Å²) in [6.45, 7) is 0. The monoisotopic (exact) mass is 1740 g/mol. The molecule has 0 unspecified atom stereocenters. The van der Waals surface area contributed by atoms with Crippen molar-refractivity contribution in [1.82, 2.24) is 0 Å². The number of hydrogen-bond acceptors (Lipinski definition) is 3. The van der Waals surface area contributed by atoms with Crippen molar-refractivity contribution in [3.05, 3.63) is 497 Å². The van der Waals surface area contributed by atoms with Gasteiger partial charge in [-0.1, -0.05) is 455 Å². The van der Waals surface area contributed by atoms with Crippen LogP contribution in [-0.4, -0.2) is 0 Å². The predicted octanol–water partition coefficient (Wildman–Crippen LogP) is 38.4. The molecule has 0 N–H and O–H groups in total. The van der Waals surface area contributed by atoms with Crippen molar-refractivity contribution < 1.29 is 13.3 Å². The molecule has 0 bridgehead atoms. The highest BCUT2D eigenvalue weighted by Gasteiger charge is 2.28. The summed E-state index contributed by atoms with van der Waals surface area (Å²) < 4.78 is 19.9. The highest BCUT2D eigenvalue weighted by molar-refractivity contribution is 6.33. The number of benzene rings is 26. The highest BCUT2D eigenvalue weighted by atomic mass is 16.3. The smallest absolute Gasteiger partial charge is 0.143 e. The van der Waals surface area contributed by atoms with Gasteiger partial charge >= 0.3 is 0 Å². The van der Waals surface area contributed by atoms with Crippen molar-refractivity contribution in [2.75, 3.05) is 0 Å². The Morgan fingerprint density at radius 2 is 0.394 bits per heavy atom. The van der Waals surface area contributed by atoms with Gasteiger partial charge < -0.3 is 13.3 Å². The lowest BCUT2D eigenvalue weighted by Crippen LogP contribution is -1.93. The van der Waals surface area contributed by atoms with Crippen molar-refractivity contribution in [3.63, 3.8) is 0 Å². The van der Waals surface area contributed by atoms with Gasteiger partial charge in [-0.15, -0.1) is 0 Å². The van der Waals surface area contributed by atoms with Gasteiger partial charge in [0.25, 0.3) is 0 Å². The van der Waals surface area contributed by atoms with Gasteiger partial charge in [0.1, 0.15) is 33.5 Å². The fourth-order valence-corrected chi connectivity index (χ4v) is 22.6. The first-order valence-corrected chi connectivity index (χ1v) is 47.2. The van der Waals surface area contributed by atoms with Gasteiger partial charge in [-0.25, -0.2) is 0 Å². The Labute approximate surface area is 789 Å². The summed E-state index contributed by atoms with van der Waals surface area (Å²) in [6, 6.07) is 180. The molecule has 3 aromatic heterocycles. The second-order valence-electron chi connectivity index (χ2n) is 36.0. The molecule has 137 heavy (non-hydrogen) atoms.